The molecule has 0 aliphatic carbocycles. The highest BCUT2D eigenvalue weighted by molar-refractivity contribution is 7.70. The number of nitrogens with one attached hydrogen (secondary N) is 2. The monoisotopic (exact) mass is 563 g/mol. The van der Waals surface area contributed by atoms with Crippen molar-refractivity contribution >= 4 is 59.6 Å². The molecule has 4 N–H and O–H groups in total. The number of piperidine rings is 1. The van der Waals surface area contributed by atoms with Gasteiger partial charge in [0.1, 0.15) is 12.2 Å². The molecule has 3 aromatic rings. The van der Waals surface area contributed by atoms with E-state index in [4.69, 9.17) is 26.6 Å². The second-order valence-electron chi connectivity index (χ2n) is 9.10. The molecule has 12 nitrogen and oxygen atoms in total. The third-order valence-corrected chi connectivity index (χ3v) is 7.86. The molecule has 0 amide bonds. The van der Waals surface area contributed by atoms with E-state index in [-0.39, 0.29) is 19.1 Å². The van der Waals surface area contributed by atoms with Gasteiger partial charge in [0.2, 0.25) is 5.95 Å². The van der Waals surface area contributed by atoms with Gasteiger partial charge < -0.3 is 25.4 Å². The Labute approximate surface area is 225 Å². The van der Waals surface area contributed by atoms with Crippen molar-refractivity contribution in [2.24, 2.45) is 0 Å². The molecule has 3 heterocycles. The molecule has 4 rings (SSSR count). The maximum atomic E-state index is 12.7. The summed E-state index contributed by atoms with van der Waals surface area (Å²) < 4.78 is 14.7. The first-order chi connectivity index (χ1) is 18.0. The molecule has 1 aliphatic rings. The molecule has 1 aliphatic heterocycles. The molecule has 14 heteroatoms. The predicted octanol–water partition coefficient (Wildman–Crippen LogP) is 3.79. The van der Waals surface area contributed by atoms with Crippen LogP contribution in [-0.2, 0) is 14.2 Å². The van der Waals surface area contributed by atoms with Gasteiger partial charge in [-0.1, -0.05) is 23.7 Å². The number of rotatable bonds is 8. The lowest BCUT2D eigenvalue weighted by molar-refractivity contribution is -0.138. The summed E-state index contributed by atoms with van der Waals surface area (Å²) in [5.74, 6) is -0.0469. The number of hydrogen-bond acceptors (Lipinski definition) is 9. The topological polar surface area (TPSA) is 163 Å². The van der Waals surface area contributed by atoms with Crippen molar-refractivity contribution in [1.29, 1.82) is 0 Å². The van der Waals surface area contributed by atoms with Crippen molar-refractivity contribution in [1.82, 2.24) is 24.6 Å². The zero-order chi connectivity index (χ0) is 27.9. The van der Waals surface area contributed by atoms with E-state index in [1.165, 1.54) is 6.20 Å². The third-order valence-electron chi connectivity index (χ3n) is 6.03. The van der Waals surface area contributed by atoms with Crippen LogP contribution in [0, 0.1) is 6.92 Å². The molecule has 0 atom stereocenters. The SMILES string of the molecule is Cc1c(Nc2ncc(Cl)c(Nc3ccccc3P(C)(C)=O)n2)cnn1C1CCN(CC(=O)O)CC1.O=CO. The minimum Gasteiger partial charge on any atom is -0.483 e. The van der Waals surface area contributed by atoms with Gasteiger partial charge in [0.15, 0.2) is 5.82 Å². The molecular formula is C24H31ClN7O5P. The van der Waals surface area contributed by atoms with E-state index in [0.29, 0.717) is 22.5 Å². The number of aromatic nitrogens is 4. The van der Waals surface area contributed by atoms with Crippen molar-refractivity contribution in [3.8, 4) is 0 Å². The van der Waals surface area contributed by atoms with Gasteiger partial charge in [-0.3, -0.25) is 19.2 Å². The highest BCUT2D eigenvalue weighted by Gasteiger charge is 2.24. The van der Waals surface area contributed by atoms with Gasteiger partial charge in [0, 0.05) is 18.4 Å². The summed E-state index contributed by atoms with van der Waals surface area (Å²) in [5.41, 5.74) is 2.40. The maximum absolute atomic E-state index is 12.7. The quantitative estimate of drug-likeness (QED) is 0.233. The van der Waals surface area contributed by atoms with E-state index in [0.717, 1.165) is 42.6 Å². The van der Waals surface area contributed by atoms with Crippen LogP contribution in [0.15, 0.2) is 36.7 Å². The van der Waals surface area contributed by atoms with Gasteiger partial charge in [0.25, 0.3) is 6.47 Å². The minimum absolute atomic E-state index is 0.0699. The van der Waals surface area contributed by atoms with Crippen molar-refractivity contribution in [2.45, 2.75) is 25.8 Å². The summed E-state index contributed by atoms with van der Waals surface area (Å²) >= 11 is 6.35. The Bertz CT molecular complexity index is 1320. The molecule has 204 valence electrons. The van der Waals surface area contributed by atoms with Crippen LogP contribution in [0.25, 0.3) is 0 Å². The van der Waals surface area contributed by atoms with E-state index < -0.39 is 13.1 Å². The summed E-state index contributed by atoms with van der Waals surface area (Å²) in [4.78, 5) is 30.1. The average molecular weight is 564 g/mol. The molecule has 1 aromatic carbocycles. The fourth-order valence-corrected chi connectivity index (χ4v) is 5.53. The lowest BCUT2D eigenvalue weighted by atomic mass is 10.1. The lowest BCUT2D eigenvalue weighted by Crippen LogP contribution is -2.38. The fourth-order valence-electron chi connectivity index (χ4n) is 4.24. The zero-order valence-electron chi connectivity index (χ0n) is 21.3. The van der Waals surface area contributed by atoms with E-state index in [9.17, 15) is 9.36 Å². The molecule has 0 saturated carbocycles. The Balaban J connectivity index is 0.00000127. The Morgan fingerprint density at radius 3 is 2.47 bits per heavy atom. The summed E-state index contributed by atoms with van der Waals surface area (Å²) in [6, 6.07) is 7.59. The zero-order valence-corrected chi connectivity index (χ0v) is 23.0. The van der Waals surface area contributed by atoms with Gasteiger partial charge in [-0.25, -0.2) is 4.98 Å². The van der Waals surface area contributed by atoms with Crippen molar-refractivity contribution < 1.29 is 24.4 Å². The number of carbonyl (C=O) groups is 2. The second kappa shape index (κ2) is 12.9. The van der Waals surface area contributed by atoms with Crippen LogP contribution in [0.2, 0.25) is 5.02 Å². The standard InChI is InChI=1S/C23H29ClN7O3P.CH2O2/c1-15-19(13-26-31(15)16-8-10-30(11-9-16)14-21(32)33)28-23-25-12-17(24)22(29-23)27-18-6-4-5-7-20(18)35(2,3)34;2-1-3/h4-7,12-13,16H,8-11,14H2,1-3H3,(H,32,33)(H2,25,27,28,29);1H,(H,2,3). The Hall–Kier alpha value is -3.47. The van der Waals surface area contributed by atoms with Crippen LogP contribution < -0.4 is 15.9 Å². The molecular weight excluding hydrogens is 533 g/mol. The summed E-state index contributed by atoms with van der Waals surface area (Å²) in [6.07, 6.45) is 4.92. The van der Waals surface area contributed by atoms with E-state index in [2.05, 4.69) is 25.7 Å². The molecule has 0 bridgehead atoms. The molecule has 2 aromatic heterocycles. The van der Waals surface area contributed by atoms with Crippen molar-refractivity contribution in [3.05, 3.63) is 47.4 Å². The summed E-state index contributed by atoms with van der Waals surface area (Å²) in [5, 5.41) is 27.9. The van der Waals surface area contributed by atoms with Crippen LogP contribution >= 0.6 is 18.7 Å². The first-order valence-corrected chi connectivity index (χ1v) is 14.8. The number of para-hydroxylation sites is 1. The lowest BCUT2D eigenvalue weighted by Gasteiger charge is -2.31. The Kier molecular flexibility index (Phi) is 9.84. The predicted molar refractivity (Wildman–Crippen MR) is 147 cm³/mol. The summed E-state index contributed by atoms with van der Waals surface area (Å²) in [7, 11) is -2.51. The third kappa shape index (κ3) is 7.53. The normalized spacial score (nSPS) is 14.3. The number of aliphatic carboxylic acids is 1. The Morgan fingerprint density at radius 2 is 1.84 bits per heavy atom. The largest absolute Gasteiger partial charge is 0.483 e. The van der Waals surface area contributed by atoms with Crippen LogP contribution in [0.1, 0.15) is 24.6 Å². The first-order valence-electron chi connectivity index (χ1n) is 11.8. The van der Waals surface area contributed by atoms with Gasteiger partial charge in [0.05, 0.1) is 42.0 Å². The molecule has 0 spiro atoms. The smallest absolute Gasteiger partial charge is 0.317 e. The van der Waals surface area contributed by atoms with Crippen LogP contribution in [0.3, 0.4) is 0 Å². The molecule has 0 radical (unpaired) electrons. The highest BCUT2D eigenvalue weighted by atomic mass is 35.5. The van der Waals surface area contributed by atoms with E-state index in [1.807, 2.05) is 40.8 Å². The molecule has 1 fully saturated rings. The highest BCUT2D eigenvalue weighted by Crippen LogP contribution is 2.38. The first kappa shape index (κ1) is 29.1. The van der Waals surface area contributed by atoms with Gasteiger partial charge in [-0.15, -0.1) is 0 Å². The van der Waals surface area contributed by atoms with Gasteiger partial charge in [-0.2, -0.15) is 10.1 Å². The Morgan fingerprint density at radius 1 is 1.18 bits per heavy atom. The second-order valence-corrected chi connectivity index (χ2v) is 12.7. The molecule has 0 unspecified atom stereocenters. The molecule has 38 heavy (non-hydrogen) atoms. The number of halogens is 1. The molecule has 1 saturated heterocycles. The number of nitrogens with zero attached hydrogens (tertiary/aromatic N) is 5. The minimum atomic E-state index is -2.51. The van der Waals surface area contributed by atoms with E-state index in [1.54, 1.807) is 19.5 Å². The van der Waals surface area contributed by atoms with Gasteiger partial charge in [-0.05, 0) is 45.2 Å². The van der Waals surface area contributed by atoms with Crippen LogP contribution in [0.5, 0.6) is 0 Å². The summed E-state index contributed by atoms with van der Waals surface area (Å²) in [6.45, 7) is 6.68. The van der Waals surface area contributed by atoms with Crippen LogP contribution in [0.4, 0.5) is 23.1 Å². The fraction of sp³-hybridized carbons (Fsp3) is 0.375. The number of anilines is 4. The maximum Gasteiger partial charge on any atom is 0.317 e. The average Bonchev–Trinajstić information content (AvgIpc) is 3.21. The van der Waals surface area contributed by atoms with Gasteiger partial charge >= 0.3 is 5.97 Å². The number of carboxylic acid groups (broad SMARTS) is 2. The number of hydrogen-bond donors (Lipinski definition) is 4. The van der Waals surface area contributed by atoms with E-state index >= 15 is 0 Å². The number of benzene rings is 1. The number of likely N-dealkylation sites (tertiary alicyclic amines) is 1. The van der Waals surface area contributed by atoms with Crippen LogP contribution in [-0.4, -0.2) is 80.3 Å². The van der Waals surface area contributed by atoms with Crippen molar-refractivity contribution in [3.63, 3.8) is 0 Å². The van der Waals surface area contributed by atoms with Crippen molar-refractivity contribution in [2.75, 3.05) is 43.6 Å². The number of carboxylic acids is 1.